The molecule has 0 spiro atoms. The lowest BCUT2D eigenvalue weighted by Crippen LogP contribution is -2.58. The summed E-state index contributed by atoms with van der Waals surface area (Å²) in [7, 11) is 2.23. The van der Waals surface area contributed by atoms with Crippen molar-refractivity contribution < 1.29 is 0 Å². The van der Waals surface area contributed by atoms with Crippen LogP contribution in [0, 0.1) is 5.41 Å². The summed E-state index contributed by atoms with van der Waals surface area (Å²) < 4.78 is 0. The van der Waals surface area contributed by atoms with Crippen molar-refractivity contribution in [3.63, 3.8) is 0 Å². The molecule has 18 heavy (non-hydrogen) atoms. The van der Waals surface area contributed by atoms with Gasteiger partial charge in [0.1, 0.15) is 0 Å². The maximum atomic E-state index is 6.43. The summed E-state index contributed by atoms with van der Waals surface area (Å²) >= 11 is 0. The highest BCUT2D eigenvalue weighted by molar-refractivity contribution is 4.94. The Hall–Kier alpha value is -0.120. The zero-order chi connectivity index (χ0) is 13.9. The molecule has 1 saturated heterocycles. The van der Waals surface area contributed by atoms with Crippen LogP contribution in [0.1, 0.15) is 47.5 Å². The number of nitrogens with zero attached hydrogens (tertiary/aromatic N) is 2. The number of rotatable bonds is 3. The smallest absolute Gasteiger partial charge is 0.0298 e. The zero-order valence-corrected chi connectivity index (χ0v) is 13.2. The Kier molecular flexibility index (Phi) is 5.63. The average Bonchev–Trinajstić information content (AvgIpc) is 2.39. The van der Waals surface area contributed by atoms with Gasteiger partial charge in [-0.05, 0) is 38.8 Å². The van der Waals surface area contributed by atoms with Gasteiger partial charge in [-0.2, -0.15) is 0 Å². The van der Waals surface area contributed by atoms with E-state index in [1.54, 1.807) is 0 Å². The van der Waals surface area contributed by atoms with E-state index in [-0.39, 0.29) is 11.5 Å². The zero-order valence-electron chi connectivity index (χ0n) is 13.2. The molecule has 1 aliphatic heterocycles. The van der Waals surface area contributed by atoms with Crippen LogP contribution in [0.2, 0.25) is 0 Å². The lowest BCUT2D eigenvalue weighted by atomic mass is 9.80. The van der Waals surface area contributed by atoms with Crippen molar-refractivity contribution in [3.05, 3.63) is 0 Å². The molecule has 0 aromatic rings. The fraction of sp³-hybridized carbons (Fsp3) is 1.00. The Bertz CT molecular complexity index is 247. The van der Waals surface area contributed by atoms with E-state index in [0.717, 1.165) is 13.0 Å². The lowest BCUT2D eigenvalue weighted by Gasteiger charge is -2.46. The van der Waals surface area contributed by atoms with E-state index in [9.17, 15) is 0 Å². The van der Waals surface area contributed by atoms with Gasteiger partial charge >= 0.3 is 0 Å². The van der Waals surface area contributed by atoms with Crippen LogP contribution in [-0.4, -0.2) is 54.6 Å². The van der Waals surface area contributed by atoms with E-state index in [1.807, 2.05) is 0 Å². The highest BCUT2D eigenvalue weighted by Crippen LogP contribution is 2.30. The highest BCUT2D eigenvalue weighted by atomic mass is 15.3. The monoisotopic (exact) mass is 255 g/mol. The minimum Gasteiger partial charge on any atom is -0.326 e. The molecule has 3 atom stereocenters. The van der Waals surface area contributed by atoms with Gasteiger partial charge in [-0.1, -0.05) is 27.7 Å². The highest BCUT2D eigenvalue weighted by Gasteiger charge is 2.37. The molecule has 3 unspecified atom stereocenters. The molecule has 1 rings (SSSR count). The van der Waals surface area contributed by atoms with Crippen molar-refractivity contribution in [2.24, 2.45) is 11.1 Å². The van der Waals surface area contributed by atoms with Gasteiger partial charge in [-0.25, -0.2) is 0 Å². The van der Waals surface area contributed by atoms with Gasteiger partial charge in [0.25, 0.3) is 0 Å². The molecule has 0 aromatic heterocycles. The minimum absolute atomic E-state index is 0.243. The Morgan fingerprint density at radius 3 is 2.39 bits per heavy atom. The lowest BCUT2D eigenvalue weighted by molar-refractivity contribution is 0.0470. The number of hydrogen-bond donors (Lipinski definition) is 1. The van der Waals surface area contributed by atoms with Crippen molar-refractivity contribution in [1.82, 2.24) is 9.80 Å². The molecule has 0 aliphatic carbocycles. The van der Waals surface area contributed by atoms with Crippen LogP contribution in [0.25, 0.3) is 0 Å². The second kappa shape index (κ2) is 6.36. The van der Waals surface area contributed by atoms with Gasteiger partial charge in [-0.3, -0.25) is 4.90 Å². The van der Waals surface area contributed by atoms with E-state index in [4.69, 9.17) is 5.73 Å². The van der Waals surface area contributed by atoms with Crippen LogP contribution in [0.15, 0.2) is 0 Å². The summed E-state index contributed by atoms with van der Waals surface area (Å²) in [5.74, 6) is 0. The number of hydrogen-bond acceptors (Lipinski definition) is 3. The van der Waals surface area contributed by atoms with Gasteiger partial charge in [0.05, 0.1) is 0 Å². The molecular formula is C15H33N3. The molecule has 3 heteroatoms. The van der Waals surface area contributed by atoms with Crippen LogP contribution in [0.4, 0.5) is 0 Å². The Morgan fingerprint density at radius 1 is 1.28 bits per heavy atom. The Balaban J connectivity index is 2.90. The first-order valence-electron chi connectivity index (χ1n) is 7.47. The average molecular weight is 255 g/mol. The predicted molar refractivity (Wildman–Crippen MR) is 79.8 cm³/mol. The second-order valence-electron chi connectivity index (χ2n) is 7.09. The van der Waals surface area contributed by atoms with Crippen molar-refractivity contribution in [1.29, 1.82) is 0 Å². The van der Waals surface area contributed by atoms with Gasteiger partial charge in [0.2, 0.25) is 0 Å². The predicted octanol–water partition coefficient (Wildman–Crippen LogP) is 2.16. The van der Waals surface area contributed by atoms with Gasteiger partial charge in [0.15, 0.2) is 0 Å². The fourth-order valence-electron chi connectivity index (χ4n) is 3.41. The molecular weight excluding hydrogens is 222 g/mol. The summed E-state index contributed by atoms with van der Waals surface area (Å²) in [5.41, 5.74) is 6.67. The van der Waals surface area contributed by atoms with E-state index in [1.165, 1.54) is 19.5 Å². The van der Waals surface area contributed by atoms with E-state index in [2.05, 4.69) is 51.5 Å². The first kappa shape index (κ1) is 15.9. The van der Waals surface area contributed by atoms with Crippen LogP contribution in [0.5, 0.6) is 0 Å². The largest absolute Gasteiger partial charge is 0.326 e. The molecule has 108 valence electrons. The number of nitrogens with two attached hydrogens (primary N) is 1. The standard InChI is InChI=1S/C15H33N3/c1-7-13(16)14(15(3,4)5)18-10-8-9-17(6)11-12(18)2/h12-14H,7-11,16H2,1-6H3. The Labute approximate surface area is 114 Å². The maximum absolute atomic E-state index is 6.43. The Morgan fingerprint density at radius 2 is 1.89 bits per heavy atom. The van der Waals surface area contributed by atoms with Gasteiger partial charge < -0.3 is 10.6 Å². The van der Waals surface area contributed by atoms with Gasteiger partial charge in [-0.15, -0.1) is 0 Å². The molecule has 3 nitrogen and oxygen atoms in total. The first-order valence-corrected chi connectivity index (χ1v) is 7.47. The third-order valence-electron chi connectivity index (χ3n) is 4.22. The van der Waals surface area contributed by atoms with Crippen molar-refractivity contribution in [3.8, 4) is 0 Å². The SMILES string of the molecule is CCC(N)C(N1CCCN(C)CC1C)C(C)(C)C. The second-order valence-corrected chi connectivity index (χ2v) is 7.09. The molecule has 1 heterocycles. The molecule has 1 aliphatic rings. The molecule has 0 saturated carbocycles. The van der Waals surface area contributed by atoms with Crippen molar-refractivity contribution >= 4 is 0 Å². The summed E-state index contributed by atoms with van der Waals surface area (Å²) in [6, 6.07) is 1.35. The summed E-state index contributed by atoms with van der Waals surface area (Å²) in [5, 5.41) is 0. The maximum Gasteiger partial charge on any atom is 0.0298 e. The fourth-order valence-corrected chi connectivity index (χ4v) is 3.41. The van der Waals surface area contributed by atoms with Crippen molar-refractivity contribution in [2.45, 2.75) is 65.6 Å². The third-order valence-corrected chi connectivity index (χ3v) is 4.22. The quantitative estimate of drug-likeness (QED) is 0.839. The van der Waals surface area contributed by atoms with Gasteiger partial charge in [0, 0.05) is 31.2 Å². The van der Waals surface area contributed by atoms with Crippen LogP contribution in [-0.2, 0) is 0 Å². The molecule has 0 bridgehead atoms. The molecule has 1 fully saturated rings. The topological polar surface area (TPSA) is 32.5 Å². The van der Waals surface area contributed by atoms with Crippen molar-refractivity contribution in [2.75, 3.05) is 26.7 Å². The summed E-state index contributed by atoms with van der Waals surface area (Å²) in [4.78, 5) is 5.11. The molecule has 2 N–H and O–H groups in total. The molecule has 0 radical (unpaired) electrons. The molecule has 0 amide bonds. The third kappa shape index (κ3) is 3.94. The normalized spacial score (nSPS) is 27.8. The minimum atomic E-state index is 0.243. The summed E-state index contributed by atoms with van der Waals surface area (Å²) in [6.07, 6.45) is 2.31. The van der Waals surface area contributed by atoms with Crippen LogP contribution in [0.3, 0.4) is 0 Å². The first-order chi connectivity index (χ1) is 8.27. The van der Waals surface area contributed by atoms with Crippen LogP contribution < -0.4 is 5.73 Å². The van der Waals surface area contributed by atoms with Crippen LogP contribution >= 0.6 is 0 Å². The van der Waals surface area contributed by atoms with E-state index >= 15 is 0 Å². The summed E-state index contributed by atoms with van der Waals surface area (Å²) in [6.45, 7) is 15.1. The molecule has 0 aromatic carbocycles. The number of likely N-dealkylation sites (N-methyl/N-ethyl adjacent to an activating group) is 1. The van der Waals surface area contributed by atoms with E-state index < -0.39 is 0 Å². The van der Waals surface area contributed by atoms with E-state index in [0.29, 0.717) is 12.1 Å².